The van der Waals surface area contributed by atoms with Crippen LogP contribution in [0.15, 0.2) is 372 Å². The molecule has 14 aromatic heterocycles. The molecule has 15 nitrogen and oxygen atoms in total. The number of rotatable bonds is 11. The van der Waals surface area contributed by atoms with E-state index in [0.29, 0.717) is 68.0 Å². The maximum atomic E-state index is 8.32. The van der Waals surface area contributed by atoms with Crippen molar-refractivity contribution in [1.82, 2.24) is 59.4 Å². The summed E-state index contributed by atoms with van der Waals surface area (Å²) in [5, 5.41) is 5.94. The van der Waals surface area contributed by atoms with Crippen molar-refractivity contribution in [3.05, 3.63) is 480 Å². The molecule has 147 heavy (non-hydrogen) atoms. The van der Waals surface area contributed by atoms with Crippen LogP contribution in [0.3, 0.4) is 0 Å². The number of aryl methyl sites for hydroxylation is 11. The summed E-state index contributed by atoms with van der Waals surface area (Å²) < 4.78 is 141. The third kappa shape index (κ3) is 26.9. The summed E-state index contributed by atoms with van der Waals surface area (Å²) in [4.78, 5) is 48.2. The van der Waals surface area contributed by atoms with Crippen molar-refractivity contribution in [3.63, 3.8) is 0 Å². The molecule has 0 aliphatic heterocycles. The summed E-state index contributed by atoms with van der Waals surface area (Å²) in [5.74, 6) is -0.370. The van der Waals surface area contributed by atoms with Crippen molar-refractivity contribution >= 4 is 77.2 Å². The Bertz CT molecular complexity index is 9080. The predicted molar refractivity (Wildman–Crippen MR) is 580 cm³/mol. The van der Waals surface area contributed by atoms with Gasteiger partial charge in [0.1, 0.15) is 0 Å². The molecule has 24 rings (SSSR count). The molecule has 24 aromatic rings. The van der Waals surface area contributed by atoms with Gasteiger partial charge in [-0.25, -0.2) is 15.0 Å². The fourth-order valence-electron chi connectivity index (χ4n) is 15.7. The van der Waals surface area contributed by atoms with Crippen molar-refractivity contribution in [1.29, 1.82) is 0 Å². The van der Waals surface area contributed by atoms with E-state index in [2.05, 4.69) is 204 Å². The van der Waals surface area contributed by atoms with E-state index in [1.54, 1.807) is 72.9 Å². The second kappa shape index (κ2) is 51.8. The number of nitrogens with zero attached hydrogens (tertiary/aromatic N) is 12. The quantitative estimate of drug-likeness (QED) is 0.111. The molecule has 19 heteroatoms. The number of hydrogen-bond donors (Lipinski definition) is 0. The first-order chi connectivity index (χ1) is 76.0. The summed E-state index contributed by atoms with van der Waals surface area (Å²) in [7, 11) is 0. The van der Waals surface area contributed by atoms with Gasteiger partial charge in [0.05, 0.1) is 33.6 Å². The Kier molecular flexibility index (Phi) is 31.2. The number of fused-ring (bicyclic) bond motifs is 10. The fraction of sp³-hybridized carbons (Fsp3) is 0.133. The molecule has 0 saturated heterocycles. The van der Waals surface area contributed by atoms with Crippen LogP contribution in [0.4, 0.5) is 0 Å². The molecule has 0 N–H and O–H groups in total. The zero-order valence-corrected chi connectivity index (χ0v) is 91.1. The SMILES string of the molecule is CC(C)c1ccccc1-n1c(-c2[c-]cccc2)nc2ccccc21.Cc1ccc(-c2[c-]cccc2)nc1.Cc1ccc2c(n1)oc1c(-c3ccccn3)[c-]ccc12.Cc1ccnc(-c2[c-]ccc3c2oc2nc(C)ccc23)c1.Cc1cnc(-c2[c-]cccc2)cc1C.[2H]C([2H])([2H])C([2H])(C)c1ccnc(-c2[c-]ccc3c2oc2nc(C)ccc23)c1.[2H]C([2H])([2H])c1cnc(-c2[c-]cccc2)cc1C([2H])([2H])[2H].[2H]C([2H])([2H])c1cnc(-c2[c-]cccc2)cc1C([2H])([2H])[2H].[Ir].[Ir].[Ir].[Ir]. The average molecular weight is 2650 g/mol. The topological polar surface area (TPSA) is 186 Å². The second-order valence-corrected chi connectivity index (χ2v) is 34.0. The van der Waals surface area contributed by atoms with E-state index in [1.165, 1.54) is 53.2 Å². The number of hydrogen-bond acceptors (Lipinski definition) is 14. The van der Waals surface area contributed by atoms with Crippen LogP contribution >= 0.6 is 0 Å². The third-order valence-corrected chi connectivity index (χ3v) is 23.2. The van der Waals surface area contributed by atoms with Gasteiger partial charge in [-0.1, -0.05) is 173 Å². The van der Waals surface area contributed by atoms with Crippen LogP contribution in [0.2, 0.25) is 0 Å². The van der Waals surface area contributed by atoms with E-state index in [4.69, 9.17) is 40.2 Å². The first-order valence-corrected chi connectivity index (χ1v) is 46.2. The molecule has 0 aliphatic carbocycles. The van der Waals surface area contributed by atoms with Gasteiger partial charge in [-0.3, -0.25) is 4.98 Å². The van der Waals surface area contributed by atoms with Crippen molar-refractivity contribution in [3.8, 4) is 95.9 Å². The summed E-state index contributed by atoms with van der Waals surface area (Å²) in [5.41, 5.74) is 27.5. The molecule has 10 aromatic carbocycles. The maximum absolute atomic E-state index is 8.32. The maximum Gasteiger partial charge on any atom is 0.216 e. The van der Waals surface area contributed by atoms with E-state index in [-0.39, 0.29) is 103 Å². The normalized spacial score (nSPS) is 13.0. The first kappa shape index (κ1) is 88.6. The van der Waals surface area contributed by atoms with Crippen LogP contribution in [-0.4, -0.2) is 59.4 Å². The minimum absolute atomic E-state index is 0. The van der Waals surface area contributed by atoms with Crippen LogP contribution in [-0.2, 0) is 80.4 Å². The van der Waals surface area contributed by atoms with Crippen LogP contribution in [0.1, 0.15) is 134 Å². The van der Waals surface area contributed by atoms with E-state index in [9.17, 15) is 0 Å². The third-order valence-electron chi connectivity index (χ3n) is 23.2. The molecule has 0 bridgehead atoms. The van der Waals surface area contributed by atoms with Gasteiger partial charge in [0, 0.05) is 185 Å². The number of pyridine rings is 10. The average Bonchev–Trinajstić information content (AvgIpc) is 1.64. The molecule has 4 radical (unpaired) electrons. The van der Waals surface area contributed by atoms with Crippen LogP contribution in [0, 0.1) is 124 Å². The number of aromatic nitrogens is 12. The van der Waals surface area contributed by atoms with Crippen LogP contribution in [0.5, 0.6) is 0 Å². The van der Waals surface area contributed by atoms with Gasteiger partial charge >= 0.3 is 0 Å². The minimum atomic E-state index is -2.50. The predicted octanol–water partition coefficient (Wildman–Crippen LogP) is 31.8. The molecule has 1 atom stereocenters. The Morgan fingerprint density at radius 1 is 0.299 bits per heavy atom. The monoisotopic (exact) mass is 2650 g/mol. The molecule has 0 spiro atoms. The standard InChI is InChI=1S/C22H19N2.C20H17N2O.C18H13N2O.C17H11N2O.3C13H12N.C12H10N.4Ir/c1-16(2)18-12-6-8-14-20(18)24-21-15-9-7-13-19(21)23-22(24)17-10-4-3-5-11-17;1-12(2)14-9-10-21-18(11-14)17-6-4-5-15-16-8-7-13(3)22-20(16)23-19(15)17;1-11-8-9-19-16(10-11)15-5-3-4-13-14-7-6-12(2)20-18(14)21-17(13)15;1-11-8-9-13-12-5-4-6-14(15-7-2-3-10-18-15)16(12)20-17(13)19-11;3*1-10-8-13(14-9-11(10)2)12-6-4-3-5-7-12;1-10-7-8-12(13-9-10)11-5-3-2-4-6-11;;;;/h3-10,12-16H,1-2H3;4-5,7-12H,1-3H3;3-4,6-10H,1-2H3;2-5,7-10H,1H3;3*3-6,8-9H,1-2H3;2-5,7-9H,1H3;;;;/q8*-1;;;;/i;1D3,12D;;;2*1D3,2D3;;;;;;. The summed E-state index contributed by atoms with van der Waals surface area (Å²) in [6.07, 6.45) is 11.1. The van der Waals surface area contributed by atoms with Crippen LogP contribution < -0.4 is 0 Å². The van der Waals surface area contributed by atoms with Crippen molar-refractivity contribution < 1.29 is 116 Å². The number of para-hydroxylation sites is 3. The van der Waals surface area contributed by atoms with Crippen molar-refractivity contribution in [2.75, 3.05) is 0 Å². The van der Waals surface area contributed by atoms with Crippen molar-refractivity contribution in [2.45, 2.75) is 115 Å². The molecule has 1 unspecified atom stereocenters. The minimum Gasteiger partial charge on any atom is -0.486 e. The molecule has 0 aliphatic rings. The molecule has 0 saturated carbocycles. The molecule has 740 valence electrons. The molecular formula is C128H106Ir4N12O3-8. The van der Waals surface area contributed by atoms with Gasteiger partial charge in [0.25, 0.3) is 0 Å². The Hall–Kier alpha value is -14.8. The van der Waals surface area contributed by atoms with Gasteiger partial charge in [-0.15, -0.1) is 234 Å². The largest absolute Gasteiger partial charge is 0.486 e. The number of imidazole rings is 1. The van der Waals surface area contributed by atoms with E-state index in [0.717, 1.165) is 146 Å². The van der Waals surface area contributed by atoms with E-state index >= 15 is 0 Å². The van der Waals surface area contributed by atoms with Gasteiger partial charge in [0.15, 0.2) is 0 Å². The second-order valence-electron chi connectivity index (χ2n) is 34.0. The zero-order valence-electron chi connectivity index (χ0n) is 97.6. The van der Waals surface area contributed by atoms with E-state index in [1.807, 2.05) is 216 Å². The van der Waals surface area contributed by atoms with Gasteiger partial charge in [0.2, 0.25) is 17.1 Å². The molecule has 14 heterocycles. The molecule has 0 fully saturated rings. The number of benzene rings is 10. The van der Waals surface area contributed by atoms with Crippen LogP contribution in [0.25, 0.3) is 173 Å². The summed E-state index contributed by atoms with van der Waals surface area (Å²) in [6, 6.07) is 125. The molecule has 0 amide bonds. The van der Waals surface area contributed by atoms with E-state index < -0.39 is 40.2 Å². The summed E-state index contributed by atoms with van der Waals surface area (Å²) in [6.45, 7) is 7.44. The molecular weight excluding hydrogens is 2520 g/mol. The summed E-state index contributed by atoms with van der Waals surface area (Å²) >= 11 is 0. The van der Waals surface area contributed by atoms with Gasteiger partial charge in [-0.2, -0.15) is 0 Å². The Balaban J connectivity index is 0.000000154. The van der Waals surface area contributed by atoms with Crippen molar-refractivity contribution in [2.24, 2.45) is 0 Å². The van der Waals surface area contributed by atoms with Gasteiger partial charge in [-0.05, 0) is 228 Å². The Labute approximate surface area is 936 Å². The first-order valence-electron chi connectivity index (χ1n) is 54.2. The van der Waals surface area contributed by atoms with Gasteiger partial charge < -0.3 is 52.7 Å². The smallest absolute Gasteiger partial charge is 0.216 e. The zero-order chi connectivity index (χ0) is 113. The number of furan rings is 3. The fourth-order valence-corrected chi connectivity index (χ4v) is 15.7. The Morgan fingerprint density at radius 2 is 0.714 bits per heavy atom. The Morgan fingerprint density at radius 3 is 1.15 bits per heavy atom.